The van der Waals surface area contributed by atoms with Crippen molar-refractivity contribution in [2.75, 3.05) is 0 Å². The summed E-state index contributed by atoms with van der Waals surface area (Å²) in [5.74, 6) is 1.40. The normalized spacial score (nSPS) is 10.4. The zero-order valence-electron chi connectivity index (χ0n) is 9.13. The van der Waals surface area contributed by atoms with E-state index in [0.29, 0.717) is 18.0 Å². The molecule has 16 heavy (non-hydrogen) atoms. The molecule has 5 nitrogen and oxygen atoms in total. The number of aryl methyl sites for hydroxylation is 1. The van der Waals surface area contributed by atoms with E-state index in [9.17, 15) is 0 Å². The highest BCUT2D eigenvalue weighted by Crippen LogP contribution is 2.19. The molecule has 0 unspecified atom stereocenters. The van der Waals surface area contributed by atoms with Crippen LogP contribution in [0.2, 0.25) is 0 Å². The number of hydrogen-bond acceptors (Lipinski definition) is 4. The second kappa shape index (κ2) is 4.76. The highest BCUT2D eigenvalue weighted by Gasteiger charge is 2.00. The first-order chi connectivity index (χ1) is 7.81. The van der Waals surface area contributed by atoms with Gasteiger partial charge in [0.15, 0.2) is 5.75 Å². The molecule has 0 saturated carbocycles. The van der Waals surface area contributed by atoms with E-state index in [1.54, 1.807) is 17.1 Å². The van der Waals surface area contributed by atoms with Crippen LogP contribution in [0.5, 0.6) is 11.5 Å². The molecule has 2 aromatic heterocycles. The lowest BCUT2D eigenvalue weighted by atomic mass is 10.3. The van der Waals surface area contributed by atoms with E-state index in [-0.39, 0.29) is 0 Å². The molecule has 5 heteroatoms. The Labute approximate surface area is 93.9 Å². The zero-order valence-corrected chi connectivity index (χ0v) is 9.13. The van der Waals surface area contributed by atoms with Gasteiger partial charge in [-0.05, 0) is 19.1 Å². The average molecular weight is 218 g/mol. The van der Waals surface area contributed by atoms with Crippen LogP contribution in [0, 0.1) is 0 Å². The molecule has 0 spiro atoms. The topological polar surface area (TPSA) is 66.0 Å². The monoisotopic (exact) mass is 218 g/mol. The fourth-order valence-electron chi connectivity index (χ4n) is 1.30. The van der Waals surface area contributed by atoms with Crippen molar-refractivity contribution >= 4 is 0 Å². The van der Waals surface area contributed by atoms with Crippen molar-refractivity contribution in [3.8, 4) is 11.5 Å². The summed E-state index contributed by atoms with van der Waals surface area (Å²) >= 11 is 0. The number of nitrogens with zero attached hydrogens (tertiary/aromatic N) is 3. The minimum Gasteiger partial charge on any atom is -0.452 e. The molecule has 2 heterocycles. The van der Waals surface area contributed by atoms with E-state index < -0.39 is 0 Å². The van der Waals surface area contributed by atoms with Crippen LogP contribution in [-0.4, -0.2) is 14.8 Å². The largest absolute Gasteiger partial charge is 0.452 e. The minimum absolute atomic E-state index is 0.439. The fourth-order valence-corrected chi connectivity index (χ4v) is 1.30. The number of hydrogen-bond donors (Lipinski definition) is 1. The van der Waals surface area contributed by atoms with E-state index in [1.165, 1.54) is 0 Å². The maximum atomic E-state index is 5.57. The number of ether oxygens (including phenoxy) is 1. The Kier molecular flexibility index (Phi) is 3.16. The van der Waals surface area contributed by atoms with Crippen LogP contribution in [0.4, 0.5) is 0 Å². The van der Waals surface area contributed by atoms with Gasteiger partial charge >= 0.3 is 0 Å². The van der Waals surface area contributed by atoms with Crippen LogP contribution in [0.15, 0.2) is 30.7 Å². The Bertz CT molecular complexity index is 449. The maximum Gasteiger partial charge on any atom is 0.165 e. The van der Waals surface area contributed by atoms with Crippen molar-refractivity contribution in [2.45, 2.75) is 20.0 Å². The van der Waals surface area contributed by atoms with E-state index >= 15 is 0 Å². The van der Waals surface area contributed by atoms with Gasteiger partial charge in [0.25, 0.3) is 0 Å². The summed E-state index contributed by atoms with van der Waals surface area (Å²) < 4.78 is 7.38. The van der Waals surface area contributed by atoms with Crippen molar-refractivity contribution < 1.29 is 4.74 Å². The third-order valence-corrected chi connectivity index (χ3v) is 2.18. The summed E-state index contributed by atoms with van der Waals surface area (Å²) in [6.07, 6.45) is 5.18. The summed E-state index contributed by atoms with van der Waals surface area (Å²) in [5.41, 5.74) is 6.30. The number of aromatic nitrogens is 3. The van der Waals surface area contributed by atoms with Crippen LogP contribution in [-0.2, 0) is 13.1 Å². The van der Waals surface area contributed by atoms with Crippen LogP contribution in [0.1, 0.15) is 12.6 Å². The molecule has 0 aliphatic carbocycles. The molecular weight excluding hydrogens is 204 g/mol. The number of rotatable bonds is 4. The summed E-state index contributed by atoms with van der Waals surface area (Å²) in [7, 11) is 0. The fraction of sp³-hybridized carbons (Fsp3) is 0.273. The molecule has 0 aromatic carbocycles. The third-order valence-electron chi connectivity index (χ3n) is 2.18. The maximum absolute atomic E-state index is 5.57. The van der Waals surface area contributed by atoms with E-state index in [1.807, 2.05) is 25.3 Å². The quantitative estimate of drug-likeness (QED) is 0.845. The first kappa shape index (κ1) is 10.6. The van der Waals surface area contributed by atoms with Crippen LogP contribution < -0.4 is 10.5 Å². The molecule has 0 bridgehead atoms. The first-order valence-electron chi connectivity index (χ1n) is 5.17. The number of pyridine rings is 1. The summed E-state index contributed by atoms with van der Waals surface area (Å²) in [4.78, 5) is 4.14. The lowest BCUT2D eigenvalue weighted by molar-refractivity contribution is 0.478. The predicted octanol–water partition coefficient (Wildman–Crippen LogP) is 1.55. The number of nitrogens with two attached hydrogens (primary N) is 1. The van der Waals surface area contributed by atoms with Crippen molar-refractivity contribution in [1.29, 1.82) is 0 Å². The standard InChI is InChI=1S/C11H14N4O/c1-2-15-8-11(7-14-15)16-10-4-3-9(5-12)13-6-10/h3-4,6-8H,2,5,12H2,1H3. The van der Waals surface area contributed by atoms with Gasteiger partial charge in [-0.2, -0.15) is 5.10 Å². The smallest absolute Gasteiger partial charge is 0.165 e. The molecule has 84 valence electrons. The van der Waals surface area contributed by atoms with Crippen molar-refractivity contribution in [3.05, 3.63) is 36.4 Å². The summed E-state index contributed by atoms with van der Waals surface area (Å²) in [6.45, 7) is 3.29. The van der Waals surface area contributed by atoms with Crippen LogP contribution in [0.25, 0.3) is 0 Å². The second-order valence-electron chi connectivity index (χ2n) is 3.32. The summed E-state index contributed by atoms with van der Waals surface area (Å²) in [6, 6.07) is 3.69. The molecule has 0 radical (unpaired) electrons. The predicted molar refractivity (Wildman–Crippen MR) is 60.1 cm³/mol. The Morgan fingerprint density at radius 2 is 2.19 bits per heavy atom. The minimum atomic E-state index is 0.439. The summed E-state index contributed by atoms with van der Waals surface area (Å²) in [5, 5.41) is 4.12. The molecule has 2 rings (SSSR count). The zero-order chi connectivity index (χ0) is 11.4. The van der Waals surface area contributed by atoms with E-state index in [0.717, 1.165) is 12.2 Å². The van der Waals surface area contributed by atoms with E-state index in [4.69, 9.17) is 10.5 Å². The molecule has 0 aliphatic heterocycles. The third kappa shape index (κ3) is 2.38. The van der Waals surface area contributed by atoms with Gasteiger partial charge in [0.05, 0.1) is 24.3 Å². The average Bonchev–Trinajstić information content (AvgIpc) is 2.78. The van der Waals surface area contributed by atoms with Crippen molar-refractivity contribution in [3.63, 3.8) is 0 Å². The molecule has 0 fully saturated rings. The molecule has 0 aliphatic rings. The lowest BCUT2D eigenvalue weighted by Gasteiger charge is -2.02. The Morgan fingerprint density at radius 3 is 2.75 bits per heavy atom. The van der Waals surface area contributed by atoms with Gasteiger partial charge in [0.2, 0.25) is 0 Å². The highest BCUT2D eigenvalue weighted by atomic mass is 16.5. The second-order valence-corrected chi connectivity index (χ2v) is 3.32. The van der Waals surface area contributed by atoms with Gasteiger partial charge in [-0.3, -0.25) is 9.67 Å². The van der Waals surface area contributed by atoms with Gasteiger partial charge in [0, 0.05) is 13.1 Å². The molecule has 0 saturated heterocycles. The van der Waals surface area contributed by atoms with Gasteiger partial charge in [-0.1, -0.05) is 0 Å². The Balaban J connectivity index is 2.08. The Morgan fingerprint density at radius 1 is 1.31 bits per heavy atom. The molecule has 2 aromatic rings. The van der Waals surface area contributed by atoms with E-state index in [2.05, 4.69) is 10.1 Å². The molecule has 0 atom stereocenters. The highest BCUT2D eigenvalue weighted by molar-refractivity contribution is 5.26. The van der Waals surface area contributed by atoms with Crippen LogP contribution in [0.3, 0.4) is 0 Å². The van der Waals surface area contributed by atoms with Crippen molar-refractivity contribution in [1.82, 2.24) is 14.8 Å². The Hall–Kier alpha value is -1.88. The van der Waals surface area contributed by atoms with Gasteiger partial charge < -0.3 is 10.5 Å². The van der Waals surface area contributed by atoms with Gasteiger partial charge in [-0.25, -0.2) is 0 Å². The molecule has 0 amide bonds. The molecular formula is C11H14N4O. The molecule has 2 N–H and O–H groups in total. The van der Waals surface area contributed by atoms with Gasteiger partial charge in [-0.15, -0.1) is 0 Å². The van der Waals surface area contributed by atoms with Gasteiger partial charge in [0.1, 0.15) is 5.75 Å². The van der Waals surface area contributed by atoms with Crippen molar-refractivity contribution in [2.24, 2.45) is 5.73 Å². The lowest BCUT2D eigenvalue weighted by Crippen LogP contribution is -1.98. The first-order valence-corrected chi connectivity index (χ1v) is 5.17. The SMILES string of the molecule is CCn1cc(Oc2ccc(CN)nc2)cn1. The van der Waals surface area contributed by atoms with Crippen LogP contribution >= 0.6 is 0 Å².